The standard InChI is InChI=1S/C16H18N2/c1-13-14(9-5-3-4-8-12-17)15-10-6-7-11-16(15)18(13)2/h5-7,9-11H,3-4,8H2,1-2H3. The largest absolute Gasteiger partial charge is 0.347 e. The van der Waals surface area contributed by atoms with Crippen LogP contribution in [0.15, 0.2) is 30.3 Å². The third-order valence-corrected chi connectivity index (χ3v) is 3.39. The van der Waals surface area contributed by atoms with Crippen LogP contribution in [0.2, 0.25) is 0 Å². The normalized spacial score (nSPS) is 11.2. The summed E-state index contributed by atoms with van der Waals surface area (Å²) in [4.78, 5) is 0. The number of benzene rings is 1. The monoisotopic (exact) mass is 238 g/mol. The molecule has 2 nitrogen and oxygen atoms in total. The summed E-state index contributed by atoms with van der Waals surface area (Å²) in [7, 11) is 2.10. The van der Waals surface area contributed by atoms with E-state index < -0.39 is 0 Å². The first-order valence-corrected chi connectivity index (χ1v) is 6.33. The van der Waals surface area contributed by atoms with Gasteiger partial charge < -0.3 is 4.57 Å². The molecule has 0 aliphatic heterocycles. The SMILES string of the molecule is Cc1c(C=CCCCC#N)c2ccccc2n1C. The van der Waals surface area contributed by atoms with E-state index in [4.69, 9.17) is 5.26 Å². The maximum absolute atomic E-state index is 8.49. The van der Waals surface area contributed by atoms with Crippen molar-refractivity contribution in [3.63, 3.8) is 0 Å². The van der Waals surface area contributed by atoms with Crippen molar-refractivity contribution in [1.82, 2.24) is 4.57 Å². The van der Waals surface area contributed by atoms with Gasteiger partial charge in [-0.2, -0.15) is 5.26 Å². The molecule has 2 aromatic rings. The van der Waals surface area contributed by atoms with Crippen LogP contribution in [0.1, 0.15) is 30.5 Å². The Morgan fingerprint density at radius 2 is 2.11 bits per heavy atom. The molecule has 0 unspecified atom stereocenters. The number of para-hydroxylation sites is 1. The first-order chi connectivity index (χ1) is 8.75. The molecule has 0 saturated heterocycles. The van der Waals surface area contributed by atoms with Crippen LogP contribution in [0.3, 0.4) is 0 Å². The Balaban J connectivity index is 2.28. The lowest BCUT2D eigenvalue weighted by molar-refractivity contribution is 0.878. The second-order valence-corrected chi connectivity index (χ2v) is 4.53. The molecule has 1 heterocycles. The van der Waals surface area contributed by atoms with Crippen LogP contribution in [-0.2, 0) is 7.05 Å². The maximum atomic E-state index is 8.49. The van der Waals surface area contributed by atoms with E-state index in [0.717, 1.165) is 12.8 Å². The number of rotatable bonds is 4. The van der Waals surface area contributed by atoms with Gasteiger partial charge in [0.05, 0.1) is 6.07 Å². The van der Waals surface area contributed by atoms with Crippen molar-refractivity contribution < 1.29 is 0 Å². The number of nitriles is 1. The van der Waals surface area contributed by atoms with Crippen LogP contribution >= 0.6 is 0 Å². The second-order valence-electron chi connectivity index (χ2n) is 4.53. The molecule has 0 bridgehead atoms. The number of unbranched alkanes of at least 4 members (excludes halogenated alkanes) is 2. The summed E-state index contributed by atoms with van der Waals surface area (Å²) in [5.74, 6) is 0. The Kier molecular flexibility index (Phi) is 3.84. The summed E-state index contributed by atoms with van der Waals surface area (Å²) in [6, 6.07) is 10.6. The van der Waals surface area contributed by atoms with Crippen molar-refractivity contribution in [3.05, 3.63) is 41.6 Å². The molecule has 2 rings (SSSR count). The molecular formula is C16H18N2. The van der Waals surface area contributed by atoms with Gasteiger partial charge >= 0.3 is 0 Å². The zero-order chi connectivity index (χ0) is 13.0. The van der Waals surface area contributed by atoms with E-state index in [2.05, 4.69) is 61.0 Å². The van der Waals surface area contributed by atoms with Gasteiger partial charge in [0.1, 0.15) is 0 Å². The smallest absolute Gasteiger partial charge is 0.0621 e. The van der Waals surface area contributed by atoms with Crippen molar-refractivity contribution in [3.8, 4) is 6.07 Å². The highest BCUT2D eigenvalue weighted by Gasteiger charge is 2.07. The van der Waals surface area contributed by atoms with Crippen molar-refractivity contribution in [2.24, 2.45) is 7.05 Å². The second kappa shape index (κ2) is 5.55. The summed E-state index contributed by atoms with van der Waals surface area (Å²) in [5, 5.41) is 9.79. The van der Waals surface area contributed by atoms with E-state index in [1.165, 1.54) is 22.2 Å². The highest BCUT2D eigenvalue weighted by molar-refractivity contribution is 5.91. The molecule has 1 aromatic heterocycles. The van der Waals surface area contributed by atoms with E-state index in [9.17, 15) is 0 Å². The van der Waals surface area contributed by atoms with Gasteiger partial charge in [-0.15, -0.1) is 0 Å². The van der Waals surface area contributed by atoms with Crippen LogP contribution in [0, 0.1) is 18.3 Å². The topological polar surface area (TPSA) is 28.7 Å². The third kappa shape index (κ3) is 2.31. The fraction of sp³-hybridized carbons (Fsp3) is 0.312. The fourth-order valence-corrected chi connectivity index (χ4v) is 2.26. The van der Waals surface area contributed by atoms with Crippen LogP contribution in [0.5, 0.6) is 0 Å². The Morgan fingerprint density at radius 3 is 2.89 bits per heavy atom. The molecule has 0 fully saturated rings. The summed E-state index contributed by atoms with van der Waals surface area (Å²) < 4.78 is 2.23. The molecule has 0 amide bonds. The quantitative estimate of drug-likeness (QED) is 0.734. The summed E-state index contributed by atoms with van der Waals surface area (Å²) >= 11 is 0. The van der Waals surface area contributed by atoms with Crippen molar-refractivity contribution in [2.75, 3.05) is 0 Å². The van der Waals surface area contributed by atoms with Gasteiger partial charge in [0.2, 0.25) is 0 Å². The molecule has 0 aliphatic rings. The Labute approximate surface area is 108 Å². The molecule has 92 valence electrons. The molecule has 0 saturated carbocycles. The van der Waals surface area contributed by atoms with E-state index in [0.29, 0.717) is 6.42 Å². The number of hydrogen-bond donors (Lipinski definition) is 0. The molecule has 0 spiro atoms. The fourth-order valence-electron chi connectivity index (χ4n) is 2.26. The predicted octanol–water partition coefficient (Wildman–Crippen LogP) is 4.19. The number of fused-ring (bicyclic) bond motifs is 1. The van der Waals surface area contributed by atoms with Gasteiger partial charge in [-0.1, -0.05) is 30.4 Å². The number of aromatic nitrogens is 1. The van der Waals surface area contributed by atoms with Crippen molar-refractivity contribution in [1.29, 1.82) is 5.26 Å². The number of aryl methyl sites for hydroxylation is 1. The molecule has 0 aliphatic carbocycles. The Morgan fingerprint density at radius 1 is 1.33 bits per heavy atom. The maximum Gasteiger partial charge on any atom is 0.0621 e. The molecule has 18 heavy (non-hydrogen) atoms. The van der Waals surface area contributed by atoms with Gasteiger partial charge in [0, 0.05) is 35.6 Å². The Hall–Kier alpha value is -2.01. The average Bonchev–Trinajstić information content (AvgIpc) is 2.64. The van der Waals surface area contributed by atoms with E-state index in [-0.39, 0.29) is 0 Å². The highest BCUT2D eigenvalue weighted by atomic mass is 14.9. The molecule has 2 heteroatoms. The number of hydrogen-bond acceptors (Lipinski definition) is 1. The van der Waals surface area contributed by atoms with Crippen LogP contribution in [0.4, 0.5) is 0 Å². The molecule has 0 radical (unpaired) electrons. The van der Waals surface area contributed by atoms with Crippen LogP contribution in [0.25, 0.3) is 17.0 Å². The van der Waals surface area contributed by atoms with E-state index in [1.54, 1.807) is 0 Å². The van der Waals surface area contributed by atoms with Gasteiger partial charge in [-0.05, 0) is 25.8 Å². The van der Waals surface area contributed by atoms with E-state index in [1.807, 2.05) is 0 Å². The molecular weight excluding hydrogens is 220 g/mol. The molecule has 0 atom stereocenters. The van der Waals surface area contributed by atoms with Crippen molar-refractivity contribution in [2.45, 2.75) is 26.2 Å². The first kappa shape index (κ1) is 12.4. The lowest BCUT2D eigenvalue weighted by atomic mass is 10.1. The highest BCUT2D eigenvalue weighted by Crippen LogP contribution is 2.25. The van der Waals surface area contributed by atoms with Gasteiger partial charge in [-0.25, -0.2) is 0 Å². The molecule has 1 aromatic carbocycles. The van der Waals surface area contributed by atoms with Crippen molar-refractivity contribution >= 4 is 17.0 Å². The van der Waals surface area contributed by atoms with Gasteiger partial charge in [0.15, 0.2) is 0 Å². The first-order valence-electron chi connectivity index (χ1n) is 6.33. The summed E-state index contributed by atoms with van der Waals surface area (Å²) in [6.07, 6.45) is 6.91. The number of allylic oxidation sites excluding steroid dienone is 1. The minimum Gasteiger partial charge on any atom is -0.347 e. The van der Waals surface area contributed by atoms with Crippen LogP contribution in [-0.4, -0.2) is 4.57 Å². The zero-order valence-electron chi connectivity index (χ0n) is 11.0. The van der Waals surface area contributed by atoms with Gasteiger partial charge in [-0.3, -0.25) is 0 Å². The van der Waals surface area contributed by atoms with Crippen LogP contribution < -0.4 is 0 Å². The van der Waals surface area contributed by atoms with Gasteiger partial charge in [0.25, 0.3) is 0 Å². The Bertz CT molecular complexity index is 612. The lowest BCUT2D eigenvalue weighted by Crippen LogP contribution is -1.89. The minimum atomic E-state index is 0.638. The zero-order valence-corrected chi connectivity index (χ0v) is 11.0. The average molecular weight is 238 g/mol. The number of nitrogens with zero attached hydrogens (tertiary/aromatic N) is 2. The predicted molar refractivity (Wildman–Crippen MR) is 76.2 cm³/mol. The minimum absolute atomic E-state index is 0.638. The lowest BCUT2D eigenvalue weighted by Gasteiger charge is -1.97. The van der Waals surface area contributed by atoms with E-state index >= 15 is 0 Å². The molecule has 0 N–H and O–H groups in total. The third-order valence-electron chi connectivity index (χ3n) is 3.39. The summed E-state index contributed by atoms with van der Waals surface area (Å²) in [5.41, 5.74) is 3.85. The summed E-state index contributed by atoms with van der Waals surface area (Å²) in [6.45, 7) is 2.15.